The van der Waals surface area contributed by atoms with Gasteiger partial charge in [-0.15, -0.1) is 0 Å². The Labute approximate surface area is 177 Å². The lowest BCUT2D eigenvalue weighted by atomic mass is 9.83. The van der Waals surface area contributed by atoms with Gasteiger partial charge in [0, 0.05) is 29.3 Å². The van der Waals surface area contributed by atoms with E-state index in [1.54, 1.807) is 27.4 Å². The van der Waals surface area contributed by atoms with Gasteiger partial charge in [-0.3, -0.25) is 0 Å². The van der Waals surface area contributed by atoms with Crippen LogP contribution in [0.2, 0.25) is 0 Å². The van der Waals surface area contributed by atoms with E-state index < -0.39 is 0 Å². The van der Waals surface area contributed by atoms with E-state index in [4.69, 9.17) is 14.2 Å². The summed E-state index contributed by atoms with van der Waals surface area (Å²) < 4.78 is 17.0. The number of benzene rings is 3. The summed E-state index contributed by atoms with van der Waals surface area (Å²) in [6, 6.07) is 10.2. The molecule has 2 N–H and O–H groups in total. The summed E-state index contributed by atoms with van der Waals surface area (Å²) in [5.41, 5.74) is 5.13. The summed E-state index contributed by atoms with van der Waals surface area (Å²) in [5.74, 6) is 2.44. The number of phenolic OH excluding ortho intramolecular Hbond substituents is 1. The quantitative estimate of drug-likeness (QED) is 0.627. The van der Waals surface area contributed by atoms with Gasteiger partial charge in [-0.05, 0) is 67.5 Å². The number of nitrogens with one attached hydrogen (secondary N) is 1. The molecule has 5 nitrogen and oxygen atoms in total. The molecule has 0 bridgehead atoms. The van der Waals surface area contributed by atoms with Gasteiger partial charge >= 0.3 is 0 Å². The Morgan fingerprint density at radius 2 is 1.63 bits per heavy atom. The van der Waals surface area contributed by atoms with Gasteiger partial charge in [-0.1, -0.05) is 6.07 Å². The lowest BCUT2D eigenvalue weighted by Gasteiger charge is -2.33. The van der Waals surface area contributed by atoms with Gasteiger partial charge in [0.1, 0.15) is 23.0 Å². The van der Waals surface area contributed by atoms with Gasteiger partial charge in [0.15, 0.2) is 0 Å². The number of phenols is 1. The van der Waals surface area contributed by atoms with Crippen LogP contribution >= 0.6 is 0 Å². The van der Waals surface area contributed by atoms with Crippen molar-refractivity contribution in [3.63, 3.8) is 0 Å². The van der Waals surface area contributed by atoms with Crippen LogP contribution in [-0.4, -0.2) is 32.5 Å². The van der Waals surface area contributed by atoms with Crippen LogP contribution in [0.15, 0.2) is 30.3 Å². The van der Waals surface area contributed by atoms with Crippen LogP contribution in [0.3, 0.4) is 0 Å². The second-order valence-electron chi connectivity index (χ2n) is 8.06. The van der Waals surface area contributed by atoms with Crippen LogP contribution < -0.4 is 19.5 Å². The lowest BCUT2D eigenvalue weighted by Crippen LogP contribution is -2.36. The molecule has 0 saturated heterocycles. The Hall–Kier alpha value is -2.92. The number of rotatable bonds is 4. The number of hydrogen-bond donors (Lipinski definition) is 2. The maximum absolute atomic E-state index is 11.1. The minimum absolute atomic E-state index is 0.124. The number of fused-ring (bicyclic) bond motifs is 2. The predicted molar refractivity (Wildman–Crippen MR) is 120 cm³/mol. The Kier molecular flexibility index (Phi) is 5.24. The Bertz CT molecular complexity index is 1120. The first kappa shape index (κ1) is 20.4. The second-order valence-corrected chi connectivity index (χ2v) is 8.06. The first-order valence-electron chi connectivity index (χ1n) is 10.2. The zero-order valence-electron chi connectivity index (χ0n) is 18.4. The lowest BCUT2D eigenvalue weighted by molar-refractivity contribution is 0.377. The molecule has 1 heterocycles. The van der Waals surface area contributed by atoms with Gasteiger partial charge in [0.2, 0.25) is 0 Å². The summed E-state index contributed by atoms with van der Waals surface area (Å²) in [6.45, 7) is 6.35. The average Bonchev–Trinajstić information content (AvgIpc) is 2.71. The minimum Gasteiger partial charge on any atom is -0.507 e. The van der Waals surface area contributed by atoms with E-state index in [-0.39, 0.29) is 11.8 Å². The van der Waals surface area contributed by atoms with E-state index in [9.17, 15) is 5.11 Å². The van der Waals surface area contributed by atoms with Crippen LogP contribution in [0.5, 0.6) is 23.0 Å². The SMILES string of the molecule is COc1cc(O)c(-c2ccc(OC)c3c(OC)cc(C)cc23)c2c1[C@@H](C)N[C@@H](C)C2. The molecule has 3 aromatic rings. The predicted octanol–water partition coefficient (Wildman–Crippen LogP) is 5.14. The summed E-state index contributed by atoms with van der Waals surface area (Å²) >= 11 is 0. The number of aromatic hydroxyl groups is 1. The summed E-state index contributed by atoms with van der Waals surface area (Å²) in [6.07, 6.45) is 0.802. The Balaban J connectivity index is 2.12. The monoisotopic (exact) mass is 407 g/mol. The standard InChI is InChI=1S/C25H29NO4/c1-13-9-17-16(7-8-20(28-4)25(17)21(10-13)29-5)24-18-11-14(2)26-15(3)23(18)22(30-6)12-19(24)27/h7-10,12,14-15,26-27H,11H2,1-6H3/t14-,15+/m0/s1. The molecule has 4 rings (SSSR count). The van der Waals surface area contributed by atoms with E-state index in [1.807, 2.05) is 25.1 Å². The fourth-order valence-electron chi connectivity index (χ4n) is 4.84. The van der Waals surface area contributed by atoms with Crippen molar-refractivity contribution in [2.75, 3.05) is 21.3 Å². The van der Waals surface area contributed by atoms with Crippen molar-refractivity contribution >= 4 is 10.8 Å². The molecule has 5 heteroatoms. The molecule has 0 amide bonds. The van der Waals surface area contributed by atoms with E-state index in [1.165, 1.54) is 0 Å². The van der Waals surface area contributed by atoms with Gasteiger partial charge in [0.05, 0.1) is 26.7 Å². The third-order valence-corrected chi connectivity index (χ3v) is 6.01. The third-order valence-electron chi connectivity index (χ3n) is 6.01. The number of aryl methyl sites for hydroxylation is 1. The first-order chi connectivity index (χ1) is 14.4. The molecule has 0 spiro atoms. The highest BCUT2D eigenvalue weighted by atomic mass is 16.5. The zero-order chi connectivity index (χ0) is 21.6. The maximum atomic E-state index is 11.1. The average molecular weight is 408 g/mol. The molecule has 1 aliphatic heterocycles. The van der Waals surface area contributed by atoms with Gasteiger partial charge in [-0.2, -0.15) is 0 Å². The van der Waals surface area contributed by atoms with E-state index in [0.717, 1.165) is 56.5 Å². The van der Waals surface area contributed by atoms with Crippen LogP contribution in [0, 0.1) is 6.92 Å². The fraction of sp³-hybridized carbons (Fsp3) is 0.360. The van der Waals surface area contributed by atoms with Crippen molar-refractivity contribution < 1.29 is 19.3 Å². The number of ether oxygens (including phenoxy) is 3. The van der Waals surface area contributed by atoms with Crippen LogP contribution in [0.25, 0.3) is 21.9 Å². The molecule has 0 radical (unpaired) electrons. The van der Waals surface area contributed by atoms with E-state index in [0.29, 0.717) is 11.8 Å². The van der Waals surface area contributed by atoms with E-state index >= 15 is 0 Å². The molecule has 0 unspecified atom stereocenters. The van der Waals surface area contributed by atoms with Crippen LogP contribution in [0.1, 0.15) is 36.6 Å². The zero-order valence-corrected chi connectivity index (χ0v) is 18.4. The summed E-state index contributed by atoms with van der Waals surface area (Å²) in [4.78, 5) is 0. The van der Waals surface area contributed by atoms with Crippen molar-refractivity contribution in [3.8, 4) is 34.1 Å². The van der Waals surface area contributed by atoms with Crippen molar-refractivity contribution in [2.24, 2.45) is 0 Å². The maximum Gasteiger partial charge on any atom is 0.130 e. The fourth-order valence-corrected chi connectivity index (χ4v) is 4.84. The minimum atomic E-state index is 0.124. The molecule has 0 fully saturated rings. The summed E-state index contributed by atoms with van der Waals surface area (Å²) in [5, 5.41) is 16.6. The molecule has 0 aromatic heterocycles. The van der Waals surface area contributed by atoms with Crippen molar-refractivity contribution in [1.29, 1.82) is 0 Å². The highest BCUT2D eigenvalue weighted by molar-refractivity contribution is 6.05. The van der Waals surface area contributed by atoms with Gasteiger partial charge in [0.25, 0.3) is 0 Å². The summed E-state index contributed by atoms with van der Waals surface area (Å²) in [7, 11) is 4.98. The van der Waals surface area contributed by atoms with Crippen LogP contribution in [-0.2, 0) is 6.42 Å². The van der Waals surface area contributed by atoms with Crippen molar-refractivity contribution in [3.05, 3.63) is 47.0 Å². The molecular weight excluding hydrogens is 378 g/mol. The highest BCUT2D eigenvalue weighted by Crippen LogP contribution is 2.48. The smallest absolute Gasteiger partial charge is 0.130 e. The highest BCUT2D eigenvalue weighted by Gasteiger charge is 2.30. The molecule has 2 atom stereocenters. The van der Waals surface area contributed by atoms with Crippen molar-refractivity contribution in [1.82, 2.24) is 5.32 Å². The first-order valence-corrected chi connectivity index (χ1v) is 10.2. The molecule has 1 aliphatic rings. The van der Waals surface area contributed by atoms with E-state index in [2.05, 4.69) is 25.2 Å². The van der Waals surface area contributed by atoms with Gasteiger partial charge < -0.3 is 24.6 Å². The van der Waals surface area contributed by atoms with Crippen molar-refractivity contribution in [2.45, 2.75) is 39.3 Å². The normalized spacial score (nSPS) is 18.2. The number of methoxy groups -OCH3 is 3. The molecule has 3 aromatic carbocycles. The molecule has 30 heavy (non-hydrogen) atoms. The molecule has 0 saturated carbocycles. The molecular formula is C25H29NO4. The Morgan fingerprint density at radius 3 is 2.30 bits per heavy atom. The largest absolute Gasteiger partial charge is 0.507 e. The Morgan fingerprint density at radius 1 is 0.933 bits per heavy atom. The second kappa shape index (κ2) is 7.73. The topological polar surface area (TPSA) is 60.0 Å². The number of hydrogen-bond acceptors (Lipinski definition) is 5. The third kappa shape index (κ3) is 3.14. The molecule has 158 valence electrons. The van der Waals surface area contributed by atoms with Crippen LogP contribution in [0.4, 0.5) is 0 Å². The molecule has 0 aliphatic carbocycles. The van der Waals surface area contributed by atoms with Gasteiger partial charge in [-0.25, -0.2) is 0 Å².